The van der Waals surface area contributed by atoms with Crippen LogP contribution in [-0.2, 0) is 9.47 Å². The Balaban J connectivity index is -0.000000235. The second-order valence-electron chi connectivity index (χ2n) is 5.31. The molecule has 228 valence electrons. The molecule has 0 atom stereocenters. The SMILES string of the molecule is CCO.COC(F)(F)C(F)(C(F)(F)F)C(F)(F)F.COC(F)(F)C(F)(F)C(F)(F)C(F)(F)F.Cl/C=C/Cl. The third kappa shape index (κ3) is 10.6. The predicted molar refractivity (Wildman–Crippen MR) is 89.4 cm³/mol. The van der Waals surface area contributed by atoms with Crippen molar-refractivity contribution in [2.24, 2.45) is 0 Å². The summed E-state index contributed by atoms with van der Waals surface area (Å²) < 4.78 is 218. The molecule has 0 aliphatic heterocycles. The Morgan fingerprint density at radius 2 is 0.784 bits per heavy atom. The van der Waals surface area contributed by atoms with Crippen LogP contribution >= 0.6 is 23.2 Å². The number of halogens is 20. The molecule has 3 nitrogen and oxygen atoms in total. The minimum absolute atomic E-state index is 0.125. The molecule has 0 aromatic rings. The average Bonchev–Trinajstić information content (AvgIpc) is 2.71. The molecule has 23 heteroatoms. The molecular formula is C14H14Cl2F18O3. The first-order valence-corrected chi connectivity index (χ1v) is 8.79. The van der Waals surface area contributed by atoms with Gasteiger partial charge in [0.15, 0.2) is 0 Å². The quantitative estimate of drug-likeness (QED) is 0.309. The molecule has 0 radical (unpaired) electrons. The molecule has 0 aromatic heterocycles. The van der Waals surface area contributed by atoms with Crippen LogP contribution in [0, 0.1) is 0 Å². The lowest BCUT2D eigenvalue weighted by atomic mass is 10.0. The molecule has 0 saturated heterocycles. The van der Waals surface area contributed by atoms with E-state index in [4.69, 9.17) is 28.3 Å². The van der Waals surface area contributed by atoms with Crippen LogP contribution < -0.4 is 0 Å². The summed E-state index contributed by atoms with van der Waals surface area (Å²) in [5, 5.41) is 7.57. The molecule has 0 fully saturated rings. The van der Waals surface area contributed by atoms with Gasteiger partial charge in [0.2, 0.25) is 0 Å². The number of hydrogen-bond acceptors (Lipinski definition) is 3. The smallest absolute Gasteiger partial charge is 0.397 e. The minimum Gasteiger partial charge on any atom is -0.397 e. The van der Waals surface area contributed by atoms with Gasteiger partial charge in [0.05, 0.1) is 0 Å². The highest BCUT2D eigenvalue weighted by molar-refractivity contribution is 6.33. The maximum absolute atomic E-state index is 12.5. The number of methoxy groups -OCH3 is 2. The van der Waals surface area contributed by atoms with Crippen LogP contribution in [0.3, 0.4) is 0 Å². The van der Waals surface area contributed by atoms with Crippen LogP contribution in [0.25, 0.3) is 0 Å². The topological polar surface area (TPSA) is 38.7 Å². The van der Waals surface area contributed by atoms with Gasteiger partial charge < -0.3 is 14.6 Å². The zero-order chi connectivity index (χ0) is 31.5. The molecule has 0 heterocycles. The molecule has 0 amide bonds. The van der Waals surface area contributed by atoms with Crippen LogP contribution in [0.4, 0.5) is 79.0 Å². The summed E-state index contributed by atoms with van der Waals surface area (Å²) in [5.74, 6) is -13.6. The Kier molecular flexibility index (Phi) is 17.3. The lowest BCUT2D eigenvalue weighted by molar-refractivity contribution is -0.445. The zero-order valence-corrected chi connectivity index (χ0v) is 19.2. The summed E-state index contributed by atoms with van der Waals surface area (Å²) in [5.41, 5.74) is -4.26. The second-order valence-corrected chi connectivity index (χ2v) is 5.81. The van der Waals surface area contributed by atoms with Gasteiger partial charge in [0.25, 0.3) is 0 Å². The molecule has 0 bridgehead atoms. The maximum Gasteiger partial charge on any atom is 0.460 e. The first kappa shape index (κ1) is 43.0. The Morgan fingerprint density at radius 3 is 0.892 bits per heavy atom. The van der Waals surface area contributed by atoms with Crippen molar-refractivity contribution in [2.75, 3.05) is 20.8 Å². The van der Waals surface area contributed by atoms with E-state index in [1.165, 1.54) is 11.1 Å². The Morgan fingerprint density at radius 1 is 0.541 bits per heavy atom. The van der Waals surface area contributed by atoms with Crippen LogP contribution in [0.1, 0.15) is 6.92 Å². The fourth-order valence-electron chi connectivity index (χ4n) is 1.12. The van der Waals surface area contributed by atoms with Crippen LogP contribution in [0.2, 0.25) is 0 Å². The second kappa shape index (κ2) is 14.9. The molecular weight excluding hydrogens is 629 g/mol. The summed E-state index contributed by atoms with van der Waals surface area (Å²) in [6.07, 6.45) is -32.5. The lowest BCUT2D eigenvalue weighted by Crippen LogP contribution is -2.65. The van der Waals surface area contributed by atoms with Gasteiger partial charge in [0.1, 0.15) is 0 Å². The van der Waals surface area contributed by atoms with E-state index in [9.17, 15) is 79.0 Å². The van der Waals surface area contributed by atoms with E-state index in [0.717, 1.165) is 0 Å². The summed E-state index contributed by atoms with van der Waals surface area (Å²) in [6.45, 7) is 1.93. The van der Waals surface area contributed by atoms with Gasteiger partial charge in [-0.05, 0) is 6.92 Å². The van der Waals surface area contributed by atoms with Crippen molar-refractivity contribution in [1.82, 2.24) is 0 Å². The number of hydrogen-bond donors (Lipinski definition) is 1. The normalized spacial score (nSPS) is 14.2. The Hall–Kier alpha value is -1.06. The number of rotatable bonds is 5. The number of aliphatic hydroxyl groups is 1. The van der Waals surface area contributed by atoms with Crippen molar-refractivity contribution >= 4 is 23.2 Å². The molecule has 37 heavy (non-hydrogen) atoms. The largest absolute Gasteiger partial charge is 0.460 e. The fourth-order valence-corrected chi connectivity index (χ4v) is 1.12. The van der Waals surface area contributed by atoms with Gasteiger partial charge in [-0.2, -0.15) is 74.6 Å². The van der Waals surface area contributed by atoms with Crippen molar-refractivity contribution in [3.63, 3.8) is 0 Å². The maximum atomic E-state index is 12.5. The zero-order valence-electron chi connectivity index (χ0n) is 17.7. The third-order valence-corrected chi connectivity index (χ3v) is 3.24. The molecule has 0 spiro atoms. The molecule has 1 N–H and O–H groups in total. The number of aliphatic hydroxyl groups excluding tert-OH is 1. The van der Waals surface area contributed by atoms with E-state index >= 15 is 0 Å². The number of alkyl halides is 18. The highest BCUT2D eigenvalue weighted by Gasteiger charge is 2.85. The summed E-state index contributed by atoms with van der Waals surface area (Å²) >= 11 is 9.75. The predicted octanol–water partition coefficient (Wildman–Crippen LogP) is 8.05. The number of ether oxygens (including phenoxy) is 2. The van der Waals surface area contributed by atoms with E-state index in [1.807, 2.05) is 0 Å². The molecule has 0 aliphatic carbocycles. The van der Waals surface area contributed by atoms with Crippen LogP contribution in [0.5, 0.6) is 0 Å². The molecule has 0 rings (SSSR count). The minimum atomic E-state index is -6.89. The van der Waals surface area contributed by atoms with Crippen molar-refractivity contribution in [3.05, 3.63) is 11.1 Å². The Bertz CT molecular complexity index is 640. The van der Waals surface area contributed by atoms with Gasteiger partial charge in [-0.1, -0.05) is 23.2 Å². The van der Waals surface area contributed by atoms with Crippen LogP contribution in [-0.4, -0.2) is 74.2 Å². The summed E-state index contributed by atoms with van der Waals surface area (Å²) in [6, 6.07) is 0. The molecule has 0 aliphatic rings. The van der Waals surface area contributed by atoms with E-state index < -0.39 is 48.3 Å². The van der Waals surface area contributed by atoms with Crippen molar-refractivity contribution in [3.8, 4) is 0 Å². The van der Waals surface area contributed by atoms with E-state index in [1.54, 1.807) is 6.92 Å². The van der Waals surface area contributed by atoms with Gasteiger partial charge in [-0.15, -0.1) is 0 Å². The van der Waals surface area contributed by atoms with Crippen LogP contribution in [0.15, 0.2) is 11.1 Å². The third-order valence-electron chi connectivity index (χ3n) is 2.86. The Labute approximate surface area is 204 Å². The summed E-state index contributed by atoms with van der Waals surface area (Å²) in [4.78, 5) is 0. The van der Waals surface area contributed by atoms with E-state index in [-0.39, 0.29) is 20.8 Å². The van der Waals surface area contributed by atoms with Gasteiger partial charge in [-0.25, -0.2) is 4.39 Å². The van der Waals surface area contributed by atoms with Crippen molar-refractivity contribution < 1.29 is 93.6 Å². The van der Waals surface area contributed by atoms with Gasteiger partial charge >= 0.3 is 48.3 Å². The highest BCUT2D eigenvalue weighted by Crippen LogP contribution is 2.55. The lowest BCUT2D eigenvalue weighted by Gasteiger charge is -2.34. The monoisotopic (exact) mass is 642 g/mol. The van der Waals surface area contributed by atoms with E-state index in [2.05, 4.69) is 9.47 Å². The highest BCUT2D eigenvalue weighted by atomic mass is 35.5. The summed E-state index contributed by atoms with van der Waals surface area (Å²) in [7, 11) is -0.299. The van der Waals surface area contributed by atoms with Gasteiger partial charge in [-0.3, -0.25) is 0 Å². The van der Waals surface area contributed by atoms with Gasteiger partial charge in [0, 0.05) is 31.9 Å². The van der Waals surface area contributed by atoms with Crippen molar-refractivity contribution in [1.29, 1.82) is 0 Å². The fraction of sp³-hybridized carbons (Fsp3) is 0.857. The van der Waals surface area contributed by atoms with Crippen molar-refractivity contribution in [2.45, 2.75) is 55.2 Å². The molecule has 0 aromatic carbocycles. The first-order valence-electron chi connectivity index (χ1n) is 7.92. The standard InChI is InChI=1S/2C5H3F9O.C2H2Cl2.C2H6O/c1-15-5(13,14)3(8,9)2(6,7)4(10,11)12;1-15-5(13,14)2(6,3(7,8)9)4(10,11)12;3-1-2-4;1-2-3/h2*1H3;1-2H;3H,2H2,1H3/b;;2-1+;. The first-order chi connectivity index (χ1) is 15.9. The molecule has 0 unspecified atom stereocenters. The molecule has 0 saturated carbocycles. The van der Waals surface area contributed by atoms with E-state index in [0.29, 0.717) is 0 Å². The average molecular weight is 643 g/mol.